The lowest BCUT2D eigenvalue weighted by atomic mass is 9.47. The standard InChI is InChI=1S/C21H31NO2.C2H6/c1-20-9-6-15-17(14(20)4-3-12(20)7-10-22)19-18(24-19)16-11-13(23)5-8-21(15,16)2;1-2/h11-12,14-15,17-19H,3-10,22H2,1-2H3;1-2H3. The summed E-state index contributed by atoms with van der Waals surface area (Å²) in [6.07, 6.45) is 11.0. The third-order valence-corrected chi connectivity index (χ3v) is 8.94. The van der Waals surface area contributed by atoms with Crippen molar-refractivity contribution in [1.82, 2.24) is 0 Å². The first kappa shape index (κ1) is 18.7. The summed E-state index contributed by atoms with van der Waals surface area (Å²) in [5, 5.41) is 0. The fourth-order valence-electron chi connectivity index (χ4n) is 7.59. The van der Waals surface area contributed by atoms with Gasteiger partial charge < -0.3 is 10.5 Å². The molecule has 26 heavy (non-hydrogen) atoms. The molecule has 3 heteroatoms. The van der Waals surface area contributed by atoms with Crippen LogP contribution in [0.5, 0.6) is 0 Å². The lowest BCUT2D eigenvalue weighted by molar-refractivity contribution is -0.117. The van der Waals surface area contributed by atoms with Crippen LogP contribution in [0.2, 0.25) is 0 Å². The van der Waals surface area contributed by atoms with Crippen molar-refractivity contribution in [3.8, 4) is 0 Å². The first-order chi connectivity index (χ1) is 12.5. The zero-order valence-electron chi connectivity index (χ0n) is 17.1. The number of hydrogen-bond acceptors (Lipinski definition) is 3. The molecule has 5 rings (SSSR count). The molecule has 3 nitrogen and oxygen atoms in total. The molecule has 0 aromatic heterocycles. The third kappa shape index (κ3) is 2.42. The topological polar surface area (TPSA) is 55.6 Å². The lowest BCUT2D eigenvalue weighted by Gasteiger charge is -2.56. The Labute approximate surface area is 159 Å². The number of ether oxygens (including phenoxy) is 1. The molecular weight excluding hydrogens is 322 g/mol. The molecule has 146 valence electrons. The van der Waals surface area contributed by atoms with Crippen LogP contribution in [0.3, 0.4) is 0 Å². The van der Waals surface area contributed by atoms with Crippen molar-refractivity contribution >= 4 is 5.78 Å². The maximum atomic E-state index is 12.0. The average molecular weight is 360 g/mol. The molecule has 4 aliphatic carbocycles. The van der Waals surface area contributed by atoms with Gasteiger partial charge in [-0.25, -0.2) is 0 Å². The number of carbonyl (C=O) groups is 1. The molecule has 0 spiro atoms. The van der Waals surface area contributed by atoms with Crippen LogP contribution in [0.15, 0.2) is 11.6 Å². The van der Waals surface area contributed by atoms with E-state index in [2.05, 4.69) is 13.8 Å². The summed E-state index contributed by atoms with van der Waals surface area (Å²) in [6, 6.07) is 0. The molecule has 0 aromatic carbocycles. The Kier molecular flexibility index (Phi) is 4.63. The van der Waals surface area contributed by atoms with E-state index in [1.165, 1.54) is 37.7 Å². The van der Waals surface area contributed by atoms with E-state index in [9.17, 15) is 4.79 Å². The van der Waals surface area contributed by atoms with Crippen molar-refractivity contribution in [2.75, 3.05) is 6.54 Å². The van der Waals surface area contributed by atoms with Crippen LogP contribution in [0, 0.1) is 34.5 Å². The Hall–Kier alpha value is -0.670. The summed E-state index contributed by atoms with van der Waals surface area (Å²) in [5.74, 6) is 3.36. The minimum absolute atomic E-state index is 0.212. The van der Waals surface area contributed by atoms with E-state index < -0.39 is 0 Å². The molecule has 2 N–H and O–H groups in total. The van der Waals surface area contributed by atoms with E-state index >= 15 is 0 Å². The molecule has 1 saturated heterocycles. The summed E-state index contributed by atoms with van der Waals surface area (Å²) in [5.41, 5.74) is 7.95. The molecule has 0 bridgehead atoms. The second-order valence-electron chi connectivity index (χ2n) is 9.69. The second-order valence-corrected chi connectivity index (χ2v) is 9.69. The highest BCUT2D eigenvalue weighted by molar-refractivity contribution is 5.92. The molecule has 5 aliphatic rings. The van der Waals surface area contributed by atoms with Gasteiger partial charge in [-0.2, -0.15) is 0 Å². The highest BCUT2D eigenvalue weighted by atomic mass is 16.6. The minimum atomic E-state index is 0.212. The van der Waals surface area contributed by atoms with Crippen molar-refractivity contribution in [2.45, 2.75) is 84.8 Å². The molecule has 8 atom stereocenters. The quantitative estimate of drug-likeness (QED) is 0.739. The highest BCUT2D eigenvalue weighted by Gasteiger charge is 2.68. The Morgan fingerprint density at radius 1 is 1.15 bits per heavy atom. The number of rotatable bonds is 2. The first-order valence-corrected chi connectivity index (χ1v) is 11.1. The zero-order valence-corrected chi connectivity index (χ0v) is 17.1. The monoisotopic (exact) mass is 359 g/mol. The summed E-state index contributed by atoms with van der Waals surface area (Å²) in [7, 11) is 0. The van der Waals surface area contributed by atoms with Gasteiger partial charge in [-0.15, -0.1) is 0 Å². The van der Waals surface area contributed by atoms with Crippen molar-refractivity contribution in [1.29, 1.82) is 0 Å². The number of hydrogen-bond donors (Lipinski definition) is 1. The number of ketones is 1. The SMILES string of the molecule is CC.CC12CCC(=O)C=C1C1OC1C1C2CCC2(C)C(CCN)CCC12. The van der Waals surface area contributed by atoms with Crippen LogP contribution in [0.1, 0.15) is 72.6 Å². The molecule has 1 heterocycles. The third-order valence-electron chi connectivity index (χ3n) is 8.94. The van der Waals surface area contributed by atoms with Gasteiger partial charge in [-0.3, -0.25) is 4.79 Å². The Morgan fingerprint density at radius 2 is 1.92 bits per heavy atom. The van der Waals surface area contributed by atoms with Gasteiger partial charge in [-0.05, 0) is 91.2 Å². The van der Waals surface area contributed by atoms with Crippen molar-refractivity contribution in [3.05, 3.63) is 11.6 Å². The Balaban J connectivity index is 0.000000814. The van der Waals surface area contributed by atoms with E-state index in [4.69, 9.17) is 10.5 Å². The van der Waals surface area contributed by atoms with E-state index in [1.807, 2.05) is 19.9 Å². The molecular formula is C23H37NO2. The van der Waals surface area contributed by atoms with Gasteiger partial charge in [0, 0.05) is 6.42 Å². The first-order valence-electron chi connectivity index (χ1n) is 11.1. The van der Waals surface area contributed by atoms with Gasteiger partial charge in [0.25, 0.3) is 0 Å². The van der Waals surface area contributed by atoms with Crippen LogP contribution in [0.25, 0.3) is 0 Å². The van der Waals surface area contributed by atoms with Crippen LogP contribution in [-0.2, 0) is 9.53 Å². The Bertz CT molecular complexity index is 613. The molecule has 3 saturated carbocycles. The lowest BCUT2D eigenvalue weighted by Crippen LogP contribution is -2.53. The zero-order chi connectivity index (χ0) is 18.7. The van der Waals surface area contributed by atoms with E-state index in [0.29, 0.717) is 23.2 Å². The minimum Gasteiger partial charge on any atom is -0.365 e. The molecule has 0 aromatic rings. The van der Waals surface area contributed by atoms with Gasteiger partial charge in [0.1, 0.15) is 6.10 Å². The maximum absolute atomic E-state index is 12.0. The summed E-state index contributed by atoms with van der Waals surface area (Å²) >= 11 is 0. The van der Waals surface area contributed by atoms with Crippen LogP contribution < -0.4 is 5.73 Å². The maximum Gasteiger partial charge on any atom is 0.155 e. The number of fused-ring (bicyclic) bond motifs is 8. The largest absolute Gasteiger partial charge is 0.365 e. The van der Waals surface area contributed by atoms with Crippen LogP contribution in [0.4, 0.5) is 0 Å². The van der Waals surface area contributed by atoms with Crippen LogP contribution in [-0.4, -0.2) is 24.5 Å². The molecule has 0 radical (unpaired) electrons. The average Bonchev–Trinajstić information content (AvgIpc) is 3.36. The van der Waals surface area contributed by atoms with Gasteiger partial charge in [0.2, 0.25) is 0 Å². The van der Waals surface area contributed by atoms with Gasteiger partial charge in [-0.1, -0.05) is 27.7 Å². The fourth-order valence-corrected chi connectivity index (χ4v) is 7.59. The number of nitrogens with two attached hydrogens (primary N) is 1. The van der Waals surface area contributed by atoms with Crippen LogP contribution >= 0.6 is 0 Å². The fraction of sp³-hybridized carbons (Fsp3) is 0.870. The smallest absolute Gasteiger partial charge is 0.155 e. The Morgan fingerprint density at radius 3 is 2.65 bits per heavy atom. The summed E-state index contributed by atoms with van der Waals surface area (Å²) < 4.78 is 6.23. The second kappa shape index (κ2) is 6.44. The molecule has 0 amide bonds. The summed E-state index contributed by atoms with van der Waals surface area (Å²) in [6.45, 7) is 9.82. The molecule has 1 aliphatic heterocycles. The molecule has 4 fully saturated rings. The van der Waals surface area contributed by atoms with Crippen molar-refractivity contribution in [3.63, 3.8) is 0 Å². The predicted octanol–water partition coefficient (Wildman–Crippen LogP) is 4.50. The van der Waals surface area contributed by atoms with E-state index in [0.717, 1.165) is 37.1 Å². The number of carbonyl (C=O) groups excluding carboxylic acids is 1. The number of epoxide rings is 1. The predicted molar refractivity (Wildman–Crippen MR) is 105 cm³/mol. The van der Waals surface area contributed by atoms with Crippen molar-refractivity contribution in [2.24, 2.45) is 40.2 Å². The van der Waals surface area contributed by atoms with E-state index in [-0.39, 0.29) is 11.5 Å². The summed E-state index contributed by atoms with van der Waals surface area (Å²) in [4.78, 5) is 12.0. The normalized spacial score (nSPS) is 51.1. The highest BCUT2D eigenvalue weighted by Crippen LogP contribution is 2.70. The van der Waals surface area contributed by atoms with Gasteiger partial charge in [0.05, 0.1) is 6.10 Å². The van der Waals surface area contributed by atoms with Gasteiger partial charge in [0.15, 0.2) is 5.78 Å². The molecule has 8 unspecified atom stereocenters. The van der Waals surface area contributed by atoms with Gasteiger partial charge >= 0.3 is 0 Å². The van der Waals surface area contributed by atoms with Crippen molar-refractivity contribution < 1.29 is 9.53 Å². The van der Waals surface area contributed by atoms with E-state index in [1.54, 1.807) is 0 Å².